The van der Waals surface area contributed by atoms with Crippen LogP contribution in [0.3, 0.4) is 0 Å². The maximum atomic E-state index is 11.6. The van der Waals surface area contributed by atoms with Crippen molar-refractivity contribution in [1.82, 2.24) is 5.32 Å². The molecule has 1 saturated heterocycles. The SMILES string of the molecule is O=C1O[C@H](C(Cl)(Cl)Cl)N[C@H]1Cc1ccccc1. The van der Waals surface area contributed by atoms with E-state index in [1.54, 1.807) is 0 Å². The molecule has 0 radical (unpaired) electrons. The van der Waals surface area contributed by atoms with E-state index in [9.17, 15) is 4.79 Å². The largest absolute Gasteiger partial charge is 0.441 e. The van der Waals surface area contributed by atoms with Gasteiger partial charge in [0.05, 0.1) is 0 Å². The number of cyclic esters (lactones) is 1. The number of ether oxygens (including phenoxy) is 1. The molecule has 0 aliphatic carbocycles. The summed E-state index contributed by atoms with van der Waals surface area (Å²) in [5.41, 5.74) is 1.02. The first-order valence-corrected chi connectivity index (χ1v) is 6.17. The summed E-state index contributed by atoms with van der Waals surface area (Å²) in [7, 11) is 0. The summed E-state index contributed by atoms with van der Waals surface area (Å²) < 4.78 is 3.31. The molecule has 1 aliphatic heterocycles. The topological polar surface area (TPSA) is 38.3 Å². The highest BCUT2D eigenvalue weighted by Gasteiger charge is 2.44. The molecule has 6 heteroatoms. The maximum absolute atomic E-state index is 11.6. The summed E-state index contributed by atoms with van der Waals surface area (Å²) in [6, 6.07) is 9.10. The van der Waals surface area contributed by atoms with Crippen LogP contribution in [0.1, 0.15) is 5.56 Å². The van der Waals surface area contributed by atoms with Crippen molar-refractivity contribution in [2.45, 2.75) is 22.5 Å². The van der Waals surface area contributed by atoms with E-state index in [0.29, 0.717) is 6.42 Å². The van der Waals surface area contributed by atoms with Crippen molar-refractivity contribution in [3.8, 4) is 0 Å². The number of halogens is 3. The molecule has 2 atom stereocenters. The molecule has 3 nitrogen and oxygen atoms in total. The highest BCUT2D eigenvalue weighted by atomic mass is 35.6. The first-order chi connectivity index (χ1) is 7.97. The Morgan fingerprint density at radius 1 is 1.24 bits per heavy atom. The van der Waals surface area contributed by atoms with Crippen molar-refractivity contribution < 1.29 is 9.53 Å². The lowest BCUT2D eigenvalue weighted by Crippen LogP contribution is -2.40. The monoisotopic (exact) mass is 293 g/mol. The van der Waals surface area contributed by atoms with Crippen LogP contribution in [0.5, 0.6) is 0 Å². The highest BCUT2D eigenvalue weighted by Crippen LogP contribution is 2.33. The number of hydrogen-bond acceptors (Lipinski definition) is 3. The zero-order valence-corrected chi connectivity index (χ0v) is 11.0. The minimum atomic E-state index is -1.65. The lowest BCUT2D eigenvalue weighted by Gasteiger charge is -2.18. The predicted octanol–water partition coefficient (Wildman–Crippen LogP) is 2.44. The standard InChI is InChI=1S/C11H10Cl3NO2/c12-11(13,14)10-15-8(9(16)17-10)6-7-4-2-1-3-5-7/h1-5,8,10,15H,6H2/t8-,10+/m0/s1. The van der Waals surface area contributed by atoms with E-state index in [1.165, 1.54) is 0 Å². The van der Waals surface area contributed by atoms with E-state index < -0.39 is 22.0 Å². The molecule has 0 spiro atoms. The normalized spacial score (nSPS) is 24.8. The van der Waals surface area contributed by atoms with Gasteiger partial charge in [0.2, 0.25) is 10.0 Å². The Morgan fingerprint density at radius 2 is 1.88 bits per heavy atom. The second kappa shape index (κ2) is 5.02. The molecular weight excluding hydrogens is 284 g/mol. The molecule has 0 saturated carbocycles. The van der Waals surface area contributed by atoms with Crippen molar-refractivity contribution in [3.63, 3.8) is 0 Å². The fraction of sp³-hybridized carbons (Fsp3) is 0.364. The van der Waals surface area contributed by atoms with Gasteiger partial charge in [0.25, 0.3) is 0 Å². The average molecular weight is 295 g/mol. The number of alkyl halides is 3. The van der Waals surface area contributed by atoms with Crippen molar-refractivity contribution in [2.24, 2.45) is 0 Å². The van der Waals surface area contributed by atoms with Crippen molar-refractivity contribution in [1.29, 1.82) is 0 Å². The van der Waals surface area contributed by atoms with E-state index >= 15 is 0 Å². The molecule has 0 unspecified atom stereocenters. The van der Waals surface area contributed by atoms with Gasteiger partial charge in [-0.2, -0.15) is 0 Å². The molecule has 1 fully saturated rings. The van der Waals surface area contributed by atoms with Crippen LogP contribution < -0.4 is 5.32 Å². The van der Waals surface area contributed by atoms with Crippen LogP contribution in [-0.2, 0) is 16.0 Å². The third-order valence-corrected chi connectivity index (χ3v) is 3.05. The van der Waals surface area contributed by atoms with Crippen molar-refractivity contribution >= 4 is 40.8 Å². The summed E-state index contributed by atoms with van der Waals surface area (Å²) in [6.45, 7) is 0. The summed E-state index contributed by atoms with van der Waals surface area (Å²) in [5, 5.41) is 2.86. The van der Waals surface area contributed by atoms with Gasteiger partial charge in [-0.05, 0) is 12.0 Å². The maximum Gasteiger partial charge on any atom is 0.325 e. The summed E-state index contributed by atoms with van der Waals surface area (Å²) in [4.78, 5) is 11.6. The fourth-order valence-electron chi connectivity index (χ4n) is 1.64. The summed E-state index contributed by atoms with van der Waals surface area (Å²) in [6.07, 6.45) is -0.384. The van der Waals surface area contributed by atoms with E-state index in [1.807, 2.05) is 30.3 Å². The Hall–Kier alpha value is -0.480. The quantitative estimate of drug-likeness (QED) is 0.672. The molecule has 1 N–H and O–H groups in total. The van der Waals surface area contributed by atoms with Gasteiger partial charge in [-0.1, -0.05) is 65.1 Å². The Bertz CT molecular complexity index is 405. The van der Waals surface area contributed by atoms with Crippen molar-refractivity contribution in [2.75, 3.05) is 0 Å². The van der Waals surface area contributed by atoms with Crippen LogP contribution in [-0.4, -0.2) is 22.0 Å². The smallest absolute Gasteiger partial charge is 0.325 e. The van der Waals surface area contributed by atoms with Gasteiger partial charge >= 0.3 is 5.97 Å². The Balaban J connectivity index is 2.02. The number of carbonyl (C=O) groups is 1. The lowest BCUT2D eigenvalue weighted by molar-refractivity contribution is -0.142. The van der Waals surface area contributed by atoms with Crippen LogP contribution in [0, 0.1) is 0 Å². The third kappa shape index (κ3) is 3.26. The minimum absolute atomic E-state index is 0.398. The van der Waals surface area contributed by atoms with Crippen LogP contribution in [0.25, 0.3) is 0 Å². The second-order valence-corrected chi connectivity index (χ2v) is 6.14. The number of rotatable bonds is 2. The molecule has 92 valence electrons. The van der Waals surface area contributed by atoms with Gasteiger partial charge in [-0.15, -0.1) is 0 Å². The van der Waals surface area contributed by atoms with Gasteiger partial charge in [-0.3, -0.25) is 10.1 Å². The second-order valence-electron chi connectivity index (χ2n) is 3.77. The first-order valence-electron chi connectivity index (χ1n) is 5.04. The van der Waals surface area contributed by atoms with E-state index in [-0.39, 0.29) is 0 Å². The summed E-state index contributed by atoms with van der Waals surface area (Å²) in [5.74, 6) is -0.398. The van der Waals surface area contributed by atoms with Crippen LogP contribution >= 0.6 is 34.8 Å². The zero-order chi connectivity index (χ0) is 12.5. The van der Waals surface area contributed by atoms with Gasteiger partial charge in [0, 0.05) is 0 Å². The van der Waals surface area contributed by atoms with Crippen molar-refractivity contribution in [3.05, 3.63) is 35.9 Å². The van der Waals surface area contributed by atoms with Gasteiger partial charge in [-0.25, -0.2) is 0 Å². The predicted molar refractivity (Wildman–Crippen MR) is 67.2 cm³/mol. The number of carbonyl (C=O) groups excluding carboxylic acids is 1. The third-order valence-electron chi connectivity index (χ3n) is 2.45. The Kier molecular flexibility index (Phi) is 3.83. The molecule has 17 heavy (non-hydrogen) atoms. The van der Waals surface area contributed by atoms with Gasteiger partial charge in [0.1, 0.15) is 6.04 Å². The lowest BCUT2D eigenvalue weighted by atomic mass is 10.1. The molecule has 2 rings (SSSR count). The first kappa shape index (κ1) is 13.0. The molecule has 0 bridgehead atoms. The molecule has 1 aliphatic rings. The van der Waals surface area contributed by atoms with Crippen LogP contribution in [0.2, 0.25) is 0 Å². The average Bonchev–Trinajstić information content (AvgIpc) is 2.62. The van der Waals surface area contributed by atoms with E-state index in [4.69, 9.17) is 39.5 Å². The van der Waals surface area contributed by atoms with E-state index in [0.717, 1.165) is 5.56 Å². The number of nitrogens with one attached hydrogen (secondary N) is 1. The molecule has 1 aromatic carbocycles. The molecule has 0 amide bonds. The fourth-order valence-corrected chi connectivity index (χ4v) is 1.96. The zero-order valence-electron chi connectivity index (χ0n) is 8.70. The van der Waals surface area contributed by atoms with Gasteiger partial charge < -0.3 is 4.74 Å². The van der Waals surface area contributed by atoms with Gasteiger partial charge in [0.15, 0.2) is 0 Å². The molecule has 0 aromatic heterocycles. The van der Waals surface area contributed by atoms with Crippen LogP contribution in [0.4, 0.5) is 0 Å². The molecule has 1 aromatic rings. The number of esters is 1. The molecular formula is C11H10Cl3NO2. The minimum Gasteiger partial charge on any atom is -0.441 e. The number of benzene rings is 1. The highest BCUT2D eigenvalue weighted by molar-refractivity contribution is 6.68. The van der Waals surface area contributed by atoms with E-state index in [2.05, 4.69) is 5.32 Å². The Morgan fingerprint density at radius 3 is 2.41 bits per heavy atom. The van der Waals surface area contributed by atoms with Crippen LogP contribution in [0.15, 0.2) is 30.3 Å². The Labute approximate surface area is 114 Å². The summed E-state index contributed by atoms with van der Waals surface area (Å²) >= 11 is 17.0. The molecule has 1 heterocycles. The number of hydrogen-bond donors (Lipinski definition) is 1.